The second-order valence-corrected chi connectivity index (χ2v) is 7.84. The van der Waals surface area contributed by atoms with Gasteiger partial charge in [-0.3, -0.25) is 4.79 Å². The molecule has 5 heteroatoms. The maximum absolute atomic E-state index is 12.8. The fraction of sp³-hybridized carbons (Fsp3) is 0.100. The Hall–Kier alpha value is -2.50. The predicted octanol–water partition coefficient (Wildman–Crippen LogP) is 5.34. The Kier molecular flexibility index (Phi) is 4.11. The molecule has 3 aromatic heterocycles. The summed E-state index contributed by atoms with van der Waals surface area (Å²) in [5.74, 6) is 0.0486. The average Bonchev–Trinajstić information content (AvgIpc) is 3.25. The number of Topliss-reactive ketones (excluding diaryl/α,β-unsaturated/α-hetero) is 1. The molecule has 0 fully saturated rings. The van der Waals surface area contributed by atoms with Crippen LogP contribution in [0.5, 0.6) is 0 Å². The Morgan fingerprint density at radius 3 is 2.72 bits per heavy atom. The van der Waals surface area contributed by atoms with Crippen LogP contribution in [0.4, 0.5) is 5.69 Å². The van der Waals surface area contributed by atoms with Crippen molar-refractivity contribution in [1.82, 2.24) is 4.98 Å². The zero-order chi connectivity index (χ0) is 17.4. The molecule has 3 heterocycles. The molecule has 0 unspecified atom stereocenters. The number of anilines is 1. The highest BCUT2D eigenvalue weighted by Gasteiger charge is 2.18. The largest absolute Gasteiger partial charge is 0.397 e. The second kappa shape index (κ2) is 6.43. The number of carbonyl (C=O) groups is 1. The van der Waals surface area contributed by atoms with Crippen LogP contribution in [0, 0.1) is 6.92 Å². The summed E-state index contributed by atoms with van der Waals surface area (Å²) in [7, 11) is 0. The number of hydrogen-bond donors (Lipinski definition) is 1. The van der Waals surface area contributed by atoms with Crippen molar-refractivity contribution in [3.05, 3.63) is 69.9 Å². The molecule has 2 N–H and O–H groups in total. The molecule has 0 saturated carbocycles. The first-order chi connectivity index (χ1) is 12.1. The standard InChI is InChI=1S/C20H16N2OS2/c1-12-5-2-3-6-13(12)11-16(23)19-18(21)14-8-9-15(22-20(14)25-19)17-7-4-10-24-17/h2-10H,11,21H2,1H3. The summed E-state index contributed by atoms with van der Waals surface area (Å²) in [5, 5.41) is 2.89. The minimum atomic E-state index is 0.0486. The van der Waals surface area contributed by atoms with E-state index in [1.807, 2.05) is 60.8 Å². The van der Waals surface area contributed by atoms with E-state index in [9.17, 15) is 4.79 Å². The number of nitrogens with zero attached hydrogens (tertiary/aromatic N) is 1. The van der Waals surface area contributed by atoms with Gasteiger partial charge >= 0.3 is 0 Å². The van der Waals surface area contributed by atoms with Crippen molar-refractivity contribution in [2.45, 2.75) is 13.3 Å². The third-order valence-electron chi connectivity index (χ3n) is 4.23. The van der Waals surface area contributed by atoms with E-state index in [0.717, 1.165) is 31.9 Å². The predicted molar refractivity (Wildman–Crippen MR) is 107 cm³/mol. The van der Waals surface area contributed by atoms with Gasteiger partial charge in [-0.15, -0.1) is 22.7 Å². The SMILES string of the molecule is Cc1ccccc1CC(=O)c1sc2nc(-c3cccs3)ccc2c1N. The minimum Gasteiger partial charge on any atom is -0.397 e. The molecule has 0 radical (unpaired) electrons. The molecule has 0 aliphatic carbocycles. The van der Waals surface area contributed by atoms with Crippen molar-refractivity contribution in [1.29, 1.82) is 0 Å². The van der Waals surface area contributed by atoms with Gasteiger partial charge in [-0.2, -0.15) is 0 Å². The number of nitrogen functional groups attached to an aromatic ring is 1. The fourth-order valence-electron chi connectivity index (χ4n) is 2.83. The van der Waals surface area contributed by atoms with Crippen molar-refractivity contribution in [3.63, 3.8) is 0 Å². The van der Waals surface area contributed by atoms with Gasteiger partial charge < -0.3 is 5.73 Å². The van der Waals surface area contributed by atoms with Crippen molar-refractivity contribution in [2.75, 3.05) is 5.73 Å². The molecule has 0 spiro atoms. The zero-order valence-electron chi connectivity index (χ0n) is 13.7. The molecule has 0 aliphatic rings. The lowest BCUT2D eigenvalue weighted by atomic mass is 10.0. The number of aryl methyl sites for hydroxylation is 1. The lowest BCUT2D eigenvalue weighted by molar-refractivity contribution is 0.0997. The van der Waals surface area contributed by atoms with E-state index >= 15 is 0 Å². The van der Waals surface area contributed by atoms with Gasteiger partial charge in [0.15, 0.2) is 5.78 Å². The smallest absolute Gasteiger partial charge is 0.179 e. The summed E-state index contributed by atoms with van der Waals surface area (Å²) in [6.07, 6.45) is 0.363. The first-order valence-electron chi connectivity index (χ1n) is 7.94. The van der Waals surface area contributed by atoms with Crippen LogP contribution in [0.2, 0.25) is 0 Å². The molecule has 4 rings (SSSR count). The van der Waals surface area contributed by atoms with E-state index in [0.29, 0.717) is 17.0 Å². The number of pyridine rings is 1. The van der Waals surface area contributed by atoms with Gasteiger partial charge in [0.25, 0.3) is 0 Å². The maximum atomic E-state index is 12.8. The number of ketones is 1. The van der Waals surface area contributed by atoms with Gasteiger partial charge in [0.2, 0.25) is 0 Å². The first kappa shape index (κ1) is 16.0. The molecule has 4 aromatic rings. The van der Waals surface area contributed by atoms with Crippen molar-refractivity contribution >= 4 is 44.4 Å². The molecular formula is C20H16N2OS2. The molecule has 0 saturated heterocycles. The van der Waals surface area contributed by atoms with Gasteiger partial charge in [0, 0.05) is 11.8 Å². The van der Waals surface area contributed by atoms with E-state index in [-0.39, 0.29) is 5.78 Å². The van der Waals surface area contributed by atoms with Crippen LogP contribution in [0.25, 0.3) is 20.8 Å². The van der Waals surface area contributed by atoms with E-state index in [1.165, 1.54) is 11.3 Å². The van der Waals surface area contributed by atoms with Crippen LogP contribution in [-0.4, -0.2) is 10.8 Å². The Balaban J connectivity index is 1.71. The third-order valence-corrected chi connectivity index (χ3v) is 6.28. The van der Waals surface area contributed by atoms with E-state index in [2.05, 4.69) is 0 Å². The molecule has 1 aromatic carbocycles. The number of aromatic nitrogens is 1. The van der Waals surface area contributed by atoms with Gasteiger partial charge in [0.05, 0.1) is 21.1 Å². The average molecular weight is 364 g/mol. The maximum Gasteiger partial charge on any atom is 0.179 e. The number of rotatable bonds is 4. The molecule has 124 valence electrons. The lowest BCUT2D eigenvalue weighted by Crippen LogP contribution is -2.05. The number of carbonyl (C=O) groups excluding carboxylic acids is 1. The topological polar surface area (TPSA) is 56.0 Å². The van der Waals surface area contributed by atoms with Crippen LogP contribution in [0.15, 0.2) is 53.9 Å². The summed E-state index contributed by atoms with van der Waals surface area (Å²) >= 11 is 3.04. The summed E-state index contributed by atoms with van der Waals surface area (Å²) < 4.78 is 0. The Bertz CT molecular complexity index is 1060. The lowest BCUT2D eigenvalue weighted by Gasteiger charge is -2.04. The summed E-state index contributed by atoms with van der Waals surface area (Å²) in [4.78, 5) is 20.0. The quantitative estimate of drug-likeness (QED) is 0.497. The third kappa shape index (κ3) is 2.97. The normalized spacial score (nSPS) is 11.1. The number of thiophene rings is 2. The first-order valence-corrected chi connectivity index (χ1v) is 9.63. The van der Waals surface area contributed by atoms with E-state index < -0.39 is 0 Å². The Morgan fingerprint density at radius 1 is 1.12 bits per heavy atom. The Morgan fingerprint density at radius 2 is 1.96 bits per heavy atom. The van der Waals surface area contributed by atoms with Crippen LogP contribution >= 0.6 is 22.7 Å². The molecular weight excluding hydrogens is 348 g/mol. The summed E-state index contributed by atoms with van der Waals surface area (Å²) in [6, 6.07) is 15.9. The highest BCUT2D eigenvalue weighted by molar-refractivity contribution is 7.21. The zero-order valence-corrected chi connectivity index (χ0v) is 15.3. The number of nitrogens with two attached hydrogens (primary N) is 1. The van der Waals surface area contributed by atoms with E-state index in [1.54, 1.807) is 11.3 Å². The van der Waals surface area contributed by atoms with Gasteiger partial charge in [0.1, 0.15) is 4.83 Å². The Labute approximate surface area is 153 Å². The minimum absolute atomic E-state index is 0.0486. The fourth-order valence-corrected chi connectivity index (χ4v) is 4.55. The number of benzene rings is 1. The summed E-state index contributed by atoms with van der Waals surface area (Å²) in [5.41, 5.74) is 9.87. The van der Waals surface area contributed by atoms with Crippen LogP contribution in [0.1, 0.15) is 20.8 Å². The molecule has 3 nitrogen and oxygen atoms in total. The molecule has 0 aliphatic heterocycles. The number of hydrogen-bond acceptors (Lipinski definition) is 5. The number of fused-ring (bicyclic) bond motifs is 1. The molecule has 0 atom stereocenters. The van der Waals surface area contributed by atoms with Crippen molar-refractivity contribution < 1.29 is 4.79 Å². The second-order valence-electron chi connectivity index (χ2n) is 5.90. The molecule has 0 amide bonds. The highest BCUT2D eigenvalue weighted by atomic mass is 32.1. The molecule has 0 bridgehead atoms. The van der Waals surface area contributed by atoms with Crippen LogP contribution in [0.3, 0.4) is 0 Å². The van der Waals surface area contributed by atoms with Crippen molar-refractivity contribution in [3.8, 4) is 10.6 Å². The van der Waals surface area contributed by atoms with Gasteiger partial charge in [-0.25, -0.2) is 4.98 Å². The molecule has 25 heavy (non-hydrogen) atoms. The van der Waals surface area contributed by atoms with Gasteiger partial charge in [-0.05, 0) is 41.6 Å². The van der Waals surface area contributed by atoms with E-state index in [4.69, 9.17) is 10.7 Å². The van der Waals surface area contributed by atoms with Crippen LogP contribution in [-0.2, 0) is 6.42 Å². The van der Waals surface area contributed by atoms with Crippen molar-refractivity contribution in [2.24, 2.45) is 0 Å². The highest BCUT2D eigenvalue weighted by Crippen LogP contribution is 2.35. The van der Waals surface area contributed by atoms with Crippen LogP contribution < -0.4 is 5.73 Å². The monoisotopic (exact) mass is 364 g/mol. The summed E-state index contributed by atoms with van der Waals surface area (Å²) in [6.45, 7) is 2.02. The van der Waals surface area contributed by atoms with Gasteiger partial charge in [-0.1, -0.05) is 30.3 Å².